The van der Waals surface area contributed by atoms with Crippen molar-refractivity contribution in [1.82, 2.24) is 14.9 Å². The van der Waals surface area contributed by atoms with E-state index < -0.39 is 17.2 Å². The smallest absolute Gasteiger partial charge is 0.304 e. The Kier molecular flexibility index (Phi) is 6.27. The van der Waals surface area contributed by atoms with Gasteiger partial charge in [-0.1, -0.05) is 18.5 Å². The summed E-state index contributed by atoms with van der Waals surface area (Å²) in [5, 5.41) is 13.3. The molecular formula is C29H31ClFN5O2. The highest BCUT2D eigenvalue weighted by atomic mass is 35.5. The number of hydrogen-bond donors (Lipinski definition) is 2. The predicted octanol–water partition coefficient (Wildman–Crippen LogP) is 5.84. The zero-order valence-electron chi connectivity index (χ0n) is 21.6. The van der Waals surface area contributed by atoms with E-state index in [0.29, 0.717) is 34.6 Å². The molecule has 0 radical (unpaired) electrons. The highest BCUT2D eigenvalue weighted by molar-refractivity contribution is 6.33. The minimum Gasteiger partial charge on any atom is -0.481 e. The van der Waals surface area contributed by atoms with Crippen molar-refractivity contribution in [2.24, 2.45) is 5.92 Å². The van der Waals surface area contributed by atoms with Crippen LogP contribution in [0.25, 0.3) is 0 Å². The van der Waals surface area contributed by atoms with E-state index in [4.69, 9.17) is 16.6 Å². The van der Waals surface area contributed by atoms with Crippen molar-refractivity contribution >= 4 is 40.7 Å². The zero-order valence-corrected chi connectivity index (χ0v) is 22.4. The molecule has 6 rings (SSSR count). The van der Waals surface area contributed by atoms with Crippen molar-refractivity contribution in [2.45, 2.75) is 51.0 Å². The van der Waals surface area contributed by atoms with E-state index in [1.54, 1.807) is 12.3 Å². The summed E-state index contributed by atoms with van der Waals surface area (Å²) in [4.78, 5) is 25.1. The molecule has 2 aliphatic heterocycles. The number of benzene rings is 2. The van der Waals surface area contributed by atoms with Crippen LogP contribution in [0.2, 0.25) is 5.02 Å². The lowest BCUT2D eigenvalue weighted by Gasteiger charge is -2.28. The third kappa shape index (κ3) is 4.83. The Hall–Kier alpha value is -3.23. The number of nitrogens with zero attached hydrogens (tertiary/aromatic N) is 4. The molecule has 2 aromatic carbocycles. The molecule has 0 amide bonds. The first-order chi connectivity index (χ1) is 18.2. The van der Waals surface area contributed by atoms with E-state index in [0.717, 1.165) is 37.5 Å². The second kappa shape index (κ2) is 9.50. The summed E-state index contributed by atoms with van der Waals surface area (Å²) >= 11 is 6.59. The molecule has 1 saturated carbocycles. The van der Waals surface area contributed by atoms with Crippen LogP contribution >= 0.6 is 11.6 Å². The summed E-state index contributed by atoms with van der Waals surface area (Å²) in [5.41, 5.74) is 5.72. The fourth-order valence-corrected chi connectivity index (χ4v) is 6.17. The molecule has 1 atom stereocenters. The first-order valence-corrected chi connectivity index (χ1v) is 13.5. The highest BCUT2D eigenvalue weighted by Gasteiger charge is 2.42. The molecule has 0 spiro atoms. The van der Waals surface area contributed by atoms with E-state index in [1.165, 1.54) is 41.7 Å². The quantitative estimate of drug-likeness (QED) is 0.393. The fourth-order valence-electron chi connectivity index (χ4n) is 5.98. The highest BCUT2D eigenvalue weighted by Crippen LogP contribution is 2.47. The Morgan fingerprint density at radius 1 is 1.29 bits per heavy atom. The van der Waals surface area contributed by atoms with E-state index in [9.17, 15) is 14.3 Å². The van der Waals surface area contributed by atoms with Gasteiger partial charge in [-0.25, -0.2) is 9.37 Å². The molecule has 9 heteroatoms. The molecule has 3 aliphatic rings. The number of carboxylic acid groups (broad SMARTS) is 1. The van der Waals surface area contributed by atoms with Crippen LogP contribution in [-0.2, 0) is 29.6 Å². The summed E-state index contributed by atoms with van der Waals surface area (Å²) < 4.78 is 14.2. The van der Waals surface area contributed by atoms with Gasteiger partial charge in [-0.05, 0) is 91.2 Å². The van der Waals surface area contributed by atoms with Gasteiger partial charge in [0.2, 0.25) is 5.95 Å². The summed E-state index contributed by atoms with van der Waals surface area (Å²) in [7, 11) is 2.15. The number of fused-ring (bicyclic) bond motifs is 2. The Bertz CT molecular complexity index is 1430. The van der Waals surface area contributed by atoms with E-state index in [2.05, 4.69) is 34.4 Å². The lowest BCUT2D eigenvalue weighted by atomic mass is 9.81. The van der Waals surface area contributed by atoms with Gasteiger partial charge in [0.25, 0.3) is 0 Å². The van der Waals surface area contributed by atoms with Gasteiger partial charge < -0.3 is 20.2 Å². The lowest BCUT2D eigenvalue weighted by Crippen LogP contribution is -2.31. The minimum atomic E-state index is -0.944. The van der Waals surface area contributed by atoms with Crippen LogP contribution in [0.3, 0.4) is 0 Å². The largest absolute Gasteiger partial charge is 0.481 e. The van der Waals surface area contributed by atoms with Crippen LogP contribution in [-0.4, -0.2) is 46.1 Å². The standard InChI is InChI=1S/C29H31ClFN5O2/c1-29(13-26(37)38)16-36(25-6-5-20(31)12-23(25)29)27-24(30)14-32-28(34-27)33-21-10-18(9-17-3-4-17)22-7-8-35(2)15-19(22)11-21/h5-6,10-12,14,17H,3-4,7-9,13,15-16H2,1-2H3,(H,37,38)(H,32,33,34). The first-order valence-electron chi connectivity index (χ1n) is 13.1. The molecule has 3 aromatic rings. The number of aromatic nitrogens is 2. The Morgan fingerprint density at radius 2 is 2.11 bits per heavy atom. The van der Waals surface area contributed by atoms with Crippen LogP contribution in [0.5, 0.6) is 0 Å². The van der Waals surface area contributed by atoms with Gasteiger partial charge in [-0.15, -0.1) is 0 Å². The van der Waals surface area contributed by atoms with Crippen molar-refractivity contribution < 1.29 is 14.3 Å². The van der Waals surface area contributed by atoms with E-state index >= 15 is 0 Å². The molecule has 198 valence electrons. The topological polar surface area (TPSA) is 81.6 Å². The maximum Gasteiger partial charge on any atom is 0.304 e. The monoisotopic (exact) mass is 535 g/mol. The molecule has 38 heavy (non-hydrogen) atoms. The maximum absolute atomic E-state index is 14.2. The number of carboxylic acids is 1. The third-order valence-corrected chi connectivity index (χ3v) is 8.28. The maximum atomic E-state index is 14.2. The Balaban J connectivity index is 1.34. The SMILES string of the molecule is CN1CCc2c(CC3CC3)cc(Nc3ncc(Cl)c(N4CC(C)(CC(=O)O)c5cc(F)ccc54)n3)cc2C1. The molecule has 1 aromatic heterocycles. The summed E-state index contributed by atoms with van der Waals surface area (Å²) in [5.74, 6) is 0.301. The van der Waals surface area contributed by atoms with Crippen LogP contribution in [0.15, 0.2) is 36.5 Å². The molecule has 1 unspecified atom stereocenters. The van der Waals surface area contributed by atoms with Gasteiger partial charge in [-0.2, -0.15) is 4.98 Å². The van der Waals surface area contributed by atoms with Crippen molar-refractivity contribution in [3.63, 3.8) is 0 Å². The summed E-state index contributed by atoms with van der Waals surface area (Å²) in [6, 6.07) is 8.87. The number of rotatable bonds is 7. The van der Waals surface area contributed by atoms with Gasteiger partial charge >= 0.3 is 5.97 Å². The van der Waals surface area contributed by atoms with Crippen molar-refractivity contribution in [2.75, 3.05) is 30.4 Å². The molecule has 3 heterocycles. The van der Waals surface area contributed by atoms with Gasteiger partial charge in [0.15, 0.2) is 5.82 Å². The minimum absolute atomic E-state index is 0.138. The Morgan fingerprint density at radius 3 is 2.87 bits per heavy atom. The number of hydrogen-bond acceptors (Lipinski definition) is 6. The molecule has 0 bridgehead atoms. The van der Waals surface area contributed by atoms with E-state index in [-0.39, 0.29) is 6.42 Å². The van der Waals surface area contributed by atoms with Gasteiger partial charge in [-0.3, -0.25) is 4.79 Å². The zero-order chi connectivity index (χ0) is 26.6. The van der Waals surface area contributed by atoms with Crippen LogP contribution in [0.1, 0.15) is 48.4 Å². The van der Waals surface area contributed by atoms with Gasteiger partial charge in [0.05, 0.1) is 12.6 Å². The number of halogens is 2. The lowest BCUT2D eigenvalue weighted by molar-refractivity contribution is -0.138. The molecule has 1 aliphatic carbocycles. The normalized spacial score (nSPS) is 20.8. The molecule has 1 fully saturated rings. The molecule has 0 saturated heterocycles. The number of anilines is 4. The van der Waals surface area contributed by atoms with Crippen molar-refractivity contribution in [3.05, 3.63) is 69.6 Å². The molecule has 7 nitrogen and oxygen atoms in total. The number of nitrogens with one attached hydrogen (secondary N) is 1. The summed E-state index contributed by atoms with van der Waals surface area (Å²) in [6.07, 6.45) is 6.20. The fraction of sp³-hybridized carbons (Fsp3) is 0.414. The van der Waals surface area contributed by atoms with Crippen LogP contribution < -0.4 is 10.2 Å². The van der Waals surface area contributed by atoms with Crippen molar-refractivity contribution in [1.29, 1.82) is 0 Å². The number of aliphatic carboxylic acids is 1. The number of likely N-dealkylation sites (N-methyl/N-ethyl adjacent to an activating group) is 1. The average Bonchev–Trinajstić information content (AvgIpc) is 3.63. The predicted molar refractivity (Wildman–Crippen MR) is 146 cm³/mol. The van der Waals surface area contributed by atoms with Gasteiger partial charge in [0, 0.05) is 36.4 Å². The Labute approximate surface area is 226 Å². The van der Waals surface area contributed by atoms with E-state index in [1.807, 2.05) is 11.8 Å². The molecular weight excluding hydrogens is 505 g/mol. The second-order valence-corrected chi connectivity index (χ2v) is 11.7. The first kappa shape index (κ1) is 25.1. The van der Waals surface area contributed by atoms with Crippen LogP contribution in [0.4, 0.5) is 27.5 Å². The number of carbonyl (C=O) groups is 1. The van der Waals surface area contributed by atoms with Crippen molar-refractivity contribution in [3.8, 4) is 0 Å². The van der Waals surface area contributed by atoms with Crippen LogP contribution in [0, 0.1) is 11.7 Å². The van der Waals surface area contributed by atoms with Gasteiger partial charge in [0.1, 0.15) is 10.8 Å². The summed E-state index contributed by atoms with van der Waals surface area (Å²) in [6.45, 7) is 4.13. The third-order valence-electron chi connectivity index (χ3n) is 8.01. The second-order valence-electron chi connectivity index (χ2n) is 11.3. The molecule has 2 N–H and O–H groups in total. The average molecular weight is 536 g/mol.